The van der Waals surface area contributed by atoms with Crippen molar-refractivity contribution in [3.63, 3.8) is 0 Å². The molecule has 0 aliphatic rings. The van der Waals surface area contributed by atoms with Gasteiger partial charge >= 0.3 is 0 Å². The van der Waals surface area contributed by atoms with Gasteiger partial charge in [0.2, 0.25) is 5.91 Å². The van der Waals surface area contributed by atoms with Crippen LogP contribution in [0.3, 0.4) is 0 Å². The smallest absolute Gasteiger partial charge is 0.257 e. The van der Waals surface area contributed by atoms with Gasteiger partial charge in [0.1, 0.15) is 5.82 Å². The molecule has 3 rings (SSSR count). The van der Waals surface area contributed by atoms with Crippen LogP contribution in [0, 0.1) is 6.92 Å². The number of carbonyl (C=O) groups excluding carboxylic acids is 2. The maximum atomic E-state index is 12.4. The molecule has 6 nitrogen and oxygen atoms in total. The van der Waals surface area contributed by atoms with Gasteiger partial charge in [-0.3, -0.25) is 9.59 Å². The van der Waals surface area contributed by atoms with Crippen molar-refractivity contribution in [1.29, 1.82) is 0 Å². The molecule has 2 amide bonds. The van der Waals surface area contributed by atoms with E-state index in [9.17, 15) is 9.59 Å². The Morgan fingerprint density at radius 3 is 2.22 bits per heavy atom. The van der Waals surface area contributed by atoms with E-state index in [1.807, 2.05) is 31.2 Å². The number of benzene rings is 2. The quantitative estimate of drug-likeness (QED) is 0.632. The highest BCUT2D eigenvalue weighted by Crippen LogP contribution is 2.18. The van der Waals surface area contributed by atoms with Crippen molar-refractivity contribution in [3.05, 3.63) is 78.0 Å². The third kappa shape index (κ3) is 5.15. The first-order valence-electron chi connectivity index (χ1n) is 8.48. The fourth-order valence-corrected chi connectivity index (χ4v) is 2.55. The molecule has 3 aromatic rings. The van der Waals surface area contributed by atoms with E-state index in [4.69, 9.17) is 0 Å². The maximum absolute atomic E-state index is 12.4. The van der Waals surface area contributed by atoms with Crippen molar-refractivity contribution in [1.82, 2.24) is 4.98 Å². The number of nitrogens with one attached hydrogen (secondary N) is 3. The predicted octanol–water partition coefficient (Wildman–Crippen LogP) is 4.34. The first-order valence-corrected chi connectivity index (χ1v) is 8.48. The van der Waals surface area contributed by atoms with Crippen LogP contribution in [0.25, 0.3) is 0 Å². The van der Waals surface area contributed by atoms with Gasteiger partial charge in [0.25, 0.3) is 5.91 Å². The molecule has 136 valence electrons. The van der Waals surface area contributed by atoms with E-state index in [2.05, 4.69) is 20.9 Å². The average Bonchev–Trinajstić information content (AvgIpc) is 2.62. The van der Waals surface area contributed by atoms with Gasteiger partial charge in [-0.25, -0.2) is 4.98 Å². The van der Waals surface area contributed by atoms with Crippen molar-refractivity contribution in [2.24, 2.45) is 0 Å². The fraction of sp³-hybridized carbons (Fsp3) is 0.0952. The Morgan fingerprint density at radius 1 is 0.852 bits per heavy atom. The maximum Gasteiger partial charge on any atom is 0.257 e. The van der Waals surface area contributed by atoms with Gasteiger partial charge in [-0.2, -0.15) is 0 Å². The number of anilines is 4. The summed E-state index contributed by atoms with van der Waals surface area (Å²) in [6.07, 6.45) is 1.52. The summed E-state index contributed by atoms with van der Waals surface area (Å²) in [4.78, 5) is 27.8. The minimum Gasteiger partial charge on any atom is -0.340 e. The summed E-state index contributed by atoms with van der Waals surface area (Å²) in [5, 5.41) is 8.68. The highest BCUT2D eigenvalue weighted by molar-refractivity contribution is 6.04. The molecule has 1 aromatic heterocycles. The fourth-order valence-electron chi connectivity index (χ4n) is 2.55. The lowest BCUT2D eigenvalue weighted by Crippen LogP contribution is -2.13. The van der Waals surface area contributed by atoms with Crippen molar-refractivity contribution in [3.8, 4) is 0 Å². The Labute approximate surface area is 157 Å². The SMILES string of the molecule is CC(=O)Nc1cccc(NC(=O)c2ccc(Nc3cccc(C)c3)nc2)c1. The molecule has 0 bridgehead atoms. The molecule has 0 aliphatic heterocycles. The van der Waals surface area contributed by atoms with E-state index >= 15 is 0 Å². The summed E-state index contributed by atoms with van der Waals surface area (Å²) in [5.41, 5.74) is 3.74. The zero-order valence-corrected chi connectivity index (χ0v) is 15.1. The topological polar surface area (TPSA) is 83.1 Å². The van der Waals surface area contributed by atoms with Crippen LogP contribution in [0.5, 0.6) is 0 Å². The molecule has 3 N–H and O–H groups in total. The van der Waals surface area contributed by atoms with Gasteiger partial charge in [0, 0.05) is 30.2 Å². The number of rotatable bonds is 5. The molecule has 27 heavy (non-hydrogen) atoms. The number of aromatic nitrogens is 1. The molecule has 0 radical (unpaired) electrons. The number of nitrogens with zero attached hydrogens (tertiary/aromatic N) is 1. The van der Waals surface area contributed by atoms with Crippen LogP contribution >= 0.6 is 0 Å². The normalized spacial score (nSPS) is 10.1. The molecular weight excluding hydrogens is 340 g/mol. The number of aryl methyl sites for hydroxylation is 1. The third-order valence-corrected chi connectivity index (χ3v) is 3.76. The molecule has 0 spiro atoms. The van der Waals surface area contributed by atoms with Crippen LogP contribution in [0.15, 0.2) is 66.9 Å². The van der Waals surface area contributed by atoms with E-state index in [0.29, 0.717) is 22.8 Å². The van der Waals surface area contributed by atoms with Crippen LogP contribution < -0.4 is 16.0 Å². The highest BCUT2D eigenvalue weighted by atomic mass is 16.2. The molecule has 6 heteroatoms. The van der Waals surface area contributed by atoms with Gasteiger partial charge in [0.05, 0.1) is 5.56 Å². The predicted molar refractivity (Wildman–Crippen MR) is 107 cm³/mol. The summed E-state index contributed by atoms with van der Waals surface area (Å²) in [7, 11) is 0. The largest absolute Gasteiger partial charge is 0.340 e. The average molecular weight is 360 g/mol. The highest BCUT2D eigenvalue weighted by Gasteiger charge is 2.08. The lowest BCUT2D eigenvalue weighted by Gasteiger charge is -2.09. The molecule has 0 unspecified atom stereocenters. The Hall–Kier alpha value is -3.67. The third-order valence-electron chi connectivity index (χ3n) is 3.76. The standard InChI is InChI=1S/C21H20N4O2/c1-14-5-3-6-17(11-14)24-20-10-9-16(13-22-20)21(27)25-19-8-4-7-18(12-19)23-15(2)26/h3-13H,1-2H3,(H,22,24)(H,23,26)(H,25,27). The second-order valence-corrected chi connectivity index (χ2v) is 6.14. The first kappa shape index (κ1) is 18.1. The van der Waals surface area contributed by atoms with Gasteiger partial charge in [-0.05, 0) is 55.0 Å². The minimum absolute atomic E-state index is 0.167. The van der Waals surface area contributed by atoms with E-state index in [1.54, 1.807) is 36.4 Å². The van der Waals surface area contributed by atoms with Crippen LogP contribution in [0.2, 0.25) is 0 Å². The van der Waals surface area contributed by atoms with Crippen LogP contribution in [-0.4, -0.2) is 16.8 Å². The summed E-state index contributed by atoms with van der Waals surface area (Å²) < 4.78 is 0. The van der Waals surface area contributed by atoms with Crippen molar-refractivity contribution in [2.75, 3.05) is 16.0 Å². The van der Waals surface area contributed by atoms with E-state index in [1.165, 1.54) is 13.1 Å². The van der Waals surface area contributed by atoms with Gasteiger partial charge in [-0.15, -0.1) is 0 Å². The summed E-state index contributed by atoms with van der Waals surface area (Å²) in [6, 6.07) is 18.4. The Balaban J connectivity index is 1.66. The zero-order chi connectivity index (χ0) is 19.2. The molecule has 0 saturated heterocycles. The lowest BCUT2D eigenvalue weighted by atomic mass is 10.2. The van der Waals surface area contributed by atoms with Gasteiger partial charge < -0.3 is 16.0 Å². The van der Waals surface area contributed by atoms with E-state index in [-0.39, 0.29) is 11.8 Å². The second kappa shape index (κ2) is 8.14. The van der Waals surface area contributed by atoms with Crippen LogP contribution in [-0.2, 0) is 4.79 Å². The van der Waals surface area contributed by atoms with Crippen molar-refractivity contribution in [2.45, 2.75) is 13.8 Å². The van der Waals surface area contributed by atoms with Crippen LogP contribution in [0.1, 0.15) is 22.8 Å². The summed E-state index contributed by atoms with van der Waals surface area (Å²) in [6.45, 7) is 3.45. The van der Waals surface area contributed by atoms with Gasteiger partial charge in [0.15, 0.2) is 0 Å². The van der Waals surface area contributed by atoms with Gasteiger partial charge in [-0.1, -0.05) is 18.2 Å². The number of carbonyl (C=O) groups is 2. The number of pyridine rings is 1. The molecule has 0 aliphatic carbocycles. The molecular formula is C21H20N4O2. The lowest BCUT2D eigenvalue weighted by molar-refractivity contribution is -0.114. The monoisotopic (exact) mass is 360 g/mol. The van der Waals surface area contributed by atoms with Crippen molar-refractivity contribution >= 4 is 34.7 Å². The van der Waals surface area contributed by atoms with E-state index in [0.717, 1.165) is 11.3 Å². The number of amides is 2. The Bertz CT molecular complexity index is 968. The summed E-state index contributed by atoms with van der Waals surface area (Å²) >= 11 is 0. The summed E-state index contributed by atoms with van der Waals surface area (Å²) in [5.74, 6) is 0.216. The Morgan fingerprint density at radius 2 is 1.56 bits per heavy atom. The first-order chi connectivity index (χ1) is 13.0. The second-order valence-electron chi connectivity index (χ2n) is 6.14. The van der Waals surface area contributed by atoms with Crippen LogP contribution in [0.4, 0.5) is 22.9 Å². The molecule has 0 fully saturated rings. The molecule has 0 atom stereocenters. The molecule has 1 heterocycles. The number of hydrogen-bond acceptors (Lipinski definition) is 4. The number of hydrogen-bond donors (Lipinski definition) is 3. The molecule has 0 saturated carbocycles. The van der Waals surface area contributed by atoms with E-state index < -0.39 is 0 Å². The zero-order valence-electron chi connectivity index (χ0n) is 15.1. The minimum atomic E-state index is -0.274. The van der Waals surface area contributed by atoms with Crippen molar-refractivity contribution < 1.29 is 9.59 Å². The molecule has 2 aromatic carbocycles. The Kier molecular flexibility index (Phi) is 5.47.